The predicted octanol–water partition coefficient (Wildman–Crippen LogP) is 0.360. The topological polar surface area (TPSA) is 69.1 Å². The maximum atomic E-state index is 10.3. The van der Waals surface area contributed by atoms with E-state index in [1.165, 1.54) is 6.08 Å². The molecule has 0 fully saturated rings. The number of allylic oxidation sites excluding steroid dienone is 1. The van der Waals surface area contributed by atoms with Crippen molar-refractivity contribution in [3.63, 3.8) is 0 Å². The molecular weight excluding hydrogens is 128 g/mol. The predicted molar refractivity (Wildman–Crippen MR) is 40.9 cm³/mol. The smallest absolute Gasteiger partial charge is 0.243 e. The Morgan fingerprint density at radius 1 is 1.50 bits per heavy atom. The highest BCUT2D eigenvalue weighted by atomic mass is 16.1. The SMILES string of the molecule is CC(C)C/C(N)=C/C(N)=O. The minimum atomic E-state index is -0.474. The van der Waals surface area contributed by atoms with E-state index in [1.807, 2.05) is 13.8 Å². The summed E-state index contributed by atoms with van der Waals surface area (Å²) >= 11 is 0. The van der Waals surface area contributed by atoms with Crippen LogP contribution >= 0.6 is 0 Å². The van der Waals surface area contributed by atoms with Gasteiger partial charge in [0.15, 0.2) is 0 Å². The highest BCUT2D eigenvalue weighted by molar-refractivity contribution is 5.86. The molecule has 0 aliphatic carbocycles. The third-order valence-electron chi connectivity index (χ3n) is 0.972. The van der Waals surface area contributed by atoms with Gasteiger partial charge in [0.2, 0.25) is 5.91 Å². The lowest BCUT2D eigenvalue weighted by Crippen LogP contribution is -2.11. The molecule has 0 heterocycles. The van der Waals surface area contributed by atoms with Crippen LogP contribution in [0, 0.1) is 5.92 Å². The average molecular weight is 142 g/mol. The molecule has 0 unspecified atom stereocenters. The Morgan fingerprint density at radius 3 is 2.30 bits per heavy atom. The largest absolute Gasteiger partial charge is 0.402 e. The van der Waals surface area contributed by atoms with Gasteiger partial charge < -0.3 is 11.5 Å². The molecule has 3 nitrogen and oxygen atoms in total. The Kier molecular flexibility index (Phi) is 3.54. The number of primary amides is 1. The third-order valence-corrected chi connectivity index (χ3v) is 0.972. The minimum Gasteiger partial charge on any atom is -0.402 e. The molecule has 58 valence electrons. The van der Waals surface area contributed by atoms with Gasteiger partial charge in [-0.05, 0) is 12.3 Å². The Balaban J connectivity index is 3.83. The van der Waals surface area contributed by atoms with Gasteiger partial charge in [-0.25, -0.2) is 0 Å². The van der Waals surface area contributed by atoms with Gasteiger partial charge in [-0.15, -0.1) is 0 Å². The van der Waals surface area contributed by atoms with Gasteiger partial charge in [-0.2, -0.15) is 0 Å². The minimum absolute atomic E-state index is 0.468. The monoisotopic (exact) mass is 142 g/mol. The zero-order valence-electron chi connectivity index (χ0n) is 6.42. The highest BCUT2D eigenvalue weighted by Crippen LogP contribution is 2.04. The summed E-state index contributed by atoms with van der Waals surface area (Å²) in [5.41, 5.74) is 10.9. The van der Waals surface area contributed by atoms with E-state index in [4.69, 9.17) is 11.5 Å². The molecule has 4 N–H and O–H groups in total. The molecule has 0 saturated heterocycles. The molecule has 10 heavy (non-hydrogen) atoms. The van der Waals surface area contributed by atoms with Crippen LogP contribution in [0.2, 0.25) is 0 Å². The van der Waals surface area contributed by atoms with E-state index in [0.29, 0.717) is 11.6 Å². The summed E-state index contributed by atoms with van der Waals surface area (Å²) in [6, 6.07) is 0. The van der Waals surface area contributed by atoms with E-state index in [1.54, 1.807) is 0 Å². The summed E-state index contributed by atoms with van der Waals surface area (Å²) in [5.74, 6) is -0.00579. The average Bonchev–Trinajstić information content (AvgIpc) is 1.58. The van der Waals surface area contributed by atoms with Gasteiger partial charge >= 0.3 is 0 Å². The maximum absolute atomic E-state index is 10.3. The molecule has 3 heteroatoms. The van der Waals surface area contributed by atoms with E-state index < -0.39 is 5.91 Å². The molecule has 0 aromatic rings. The van der Waals surface area contributed by atoms with Crippen molar-refractivity contribution >= 4 is 5.91 Å². The van der Waals surface area contributed by atoms with Gasteiger partial charge in [0.25, 0.3) is 0 Å². The molecule has 0 atom stereocenters. The van der Waals surface area contributed by atoms with Crippen molar-refractivity contribution < 1.29 is 4.79 Å². The lowest BCUT2D eigenvalue weighted by molar-refractivity contribution is -0.113. The lowest BCUT2D eigenvalue weighted by atomic mass is 10.1. The molecule has 0 rings (SSSR count). The van der Waals surface area contributed by atoms with Crippen molar-refractivity contribution in [3.8, 4) is 0 Å². The Hall–Kier alpha value is -0.990. The molecule has 0 spiro atoms. The number of amides is 1. The number of hydrogen-bond acceptors (Lipinski definition) is 2. The summed E-state index contributed by atoms with van der Waals surface area (Å²) in [5, 5.41) is 0. The van der Waals surface area contributed by atoms with Crippen LogP contribution in [0.5, 0.6) is 0 Å². The molecule has 1 amide bonds. The molecule has 0 aromatic carbocycles. The Labute approximate surface area is 61.1 Å². The third kappa shape index (κ3) is 5.15. The first-order chi connectivity index (χ1) is 4.52. The quantitative estimate of drug-likeness (QED) is 0.558. The molecule has 0 aliphatic heterocycles. The number of rotatable bonds is 3. The summed E-state index contributed by atoms with van der Waals surface area (Å²) in [6.07, 6.45) is 1.99. The van der Waals surface area contributed by atoms with E-state index in [9.17, 15) is 4.79 Å². The first-order valence-electron chi connectivity index (χ1n) is 3.28. The van der Waals surface area contributed by atoms with Crippen LogP contribution in [0.25, 0.3) is 0 Å². The second-order valence-electron chi connectivity index (χ2n) is 2.72. The van der Waals surface area contributed by atoms with Gasteiger partial charge in [0.05, 0.1) is 0 Å². The number of hydrogen-bond donors (Lipinski definition) is 2. The zero-order chi connectivity index (χ0) is 8.15. The van der Waals surface area contributed by atoms with Crippen molar-refractivity contribution in [1.29, 1.82) is 0 Å². The van der Waals surface area contributed by atoms with Gasteiger partial charge in [0, 0.05) is 11.8 Å². The Morgan fingerprint density at radius 2 is 2.00 bits per heavy atom. The Bertz CT molecular complexity index is 150. The van der Waals surface area contributed by atoms with Crippen molar-refractivity contribution in [3.05, 3.63) is 11.8 Å². The van der Waals surface area contributed by atoms with Crippen molar-refractivity contribution in [1.82, 2.24) is 0 Å². The zero-order valence-corrected chi connectivity index (χ0v) is 6.42. The molecule has 0 bridgehead atoms. The van der Waals surface area contributed by atoms with Crippen LogP contribution in [-0.4, -0.2) is 5.91 Å². The molecule has 0 radical (unpaired) electrons. The fourth-order valence-electron chi connectivity index (χ4n) is 0.713. The highest BCUT2D eigenvalue weighted by Gasteiger charge is 1.96. The summed E-state index contributed by atoms with van der Waals surface area (Å²) in [4.78, 5) is 10.3. The van der Waals surface area contributed by atoms with E-state index in [2.05, 4.69) is 0 Å². The van der Waals surface area contributed by atoms with E-state index in [-0.39, 0.29) is 0 Å². The summed E-state index contributed by atoms with van der Waals surface area (Å²) in [6.45, 7) is 4.06. The fourth-order valence-corrected chi connectivity index (χ4v) is 0.713. The maximum Gasteiger partial charge on any atom is 0.243 e. The van der Waals surface area contributed by atoms with Gasteiger partial charge in [-0.3, -0.25) is 4.79 Å². The van der Waals surface area contributed by atoms with Crippen LogP contribution in [0.1, 0.15) is 20.3 Å². The summed E-state index contributed by atoms with van der Waals surface area (Å²) in [7, 11) is 0. The number of carbonyl (C=O) groups is 1. The van der Waals surface area contributed by atoms with Crippen LogP contribution in [0.15, 0.2) is 11.8 Å². The van der Waals surface area contributed by atoms with Crippen LogP contribution in [0.4, 0.5) is 0 Å². The first-order valence-corrected chi connectivity index (χ1v) is 3.28. The van der Waals surface area contributed by atoms with Gasteiger partial charge in [-0.1, -0.05) is 13.8 Å². The fraction of sp³-hybridized carbons (Fsp3) is 0.571. The van der Waals surface area contributed by atoms with E-state index in [0.717, 1.165) is 6.42 Å². The molecule has 0 aliphatic rings. The standard InChI is InChI=1S/C7H14N2O/c1-5(2)3-6(8)4-7(9)10/h4-5H,3,8H2,1-2H3,(H2,9,10)/b6-4-. The molecule has 0 aromatic heterocycles. The summed E-state index contributed by atoms with van der Waals surface area (Å²) < 4.78 is 0. The number of nitrogens with two attached hydrogens (primary N) is 2. The van der Waals surface area contributed by atoms with Crippen LogP contribution < -0.4 is 11.5 Å². The molecular formula is C7H14N2O. The normalized spacial score (nSPS) is 12.1. The van der Waals surface area contributed by atoms with Crippen molar-refractivity contribution in [2.45, 2.75) is 20.3 Å². The molecule has 0 saturated carbocycles. The van der Waals surface area contributed by atoms with Gasteiger partial charge in [0.1, 0.15) is 0 Å². The number of carbonyl (C=O) groups excluding carboxylic acids is 1. The van der Waals surface area contributed by atoms with E-state index >= 15 is 0 Å². The second-order valence-corrected chi connectivity index (χ2v) is 2.72. The van der Waals surface area contributed by atoms with Crippen molar-refractivity contribution in [2.24, 2.45) is 17.4 Å². The van der Waals surface area contributed by atoms with Crippen molar-refractivity contribution in [2.75, 3.05) is 0 Å². The van der Waals surface area contributed by atoms with Crippen LogP contribution in [0.3, 0.4) is 0 Å². The first kappa shape index (κ1) is 9.01. The van der Waals surface area contributed by atoms with Crippen LogP contribution in [-0.2, 0) is 4.79 Å². The lowest BCUT2D eigenvalue weighted by Gasteiger charge is -2.02. The second kappa shape index (κ2) is 3.93.